The molecule has 1 heterocycles. The number of nitrogens with two attached hydrogens (primary N) is 1. The summed E-state index contributed by atoms with van der Waals surface area (Å²) >= 11 is 12.4. The van der Waals surface area contributed by atoms with Crippen molar-refractivity contribution in [2.75, 3.05) is 42.1 Å². The molecule has 1 fully saturated rings. The number of anilines is 3. The molecule has 1 saturated heterocycles. The van der Waals surface area contributed by atoms with Crippen LogP contribution in [0.2, 0.25) is 10.0 Å². The first-order chi connectivity index (χ1) is 11.9. The third-order valence-corrected chi connectivity index (χ3v) is 4.84. The zero-order valence-electron chi connectivity index (χ0n) is 13.9. The molecular formula is C18H20Cl2N4O. The van der Waals surface area contributed by atoms with Crippen LogP contribution in [0.5, 0.6) is 0 Å². The molecule has 0 aromatic heterocycles. The van der Waals surface area contributed by atoms with Gasteiger partial charge >= 0.3 is 6.03 Å². The fraction of sp³-hybridized carbons (Fsp3) is 0.278. The van der Waals surface area contributed by atoms with Gasteiger partial charge in [0.1, 0.15) is 0 Å². The number of halogens is 2. The second-order valence-electron chi connectivity index (χ2n) is 6.10. The highest BCUT2D eigenvalue weighted by atomic mass is 35.5. The Balaban J connectivity index is 1.61. The van der Waals surface area contributed by atoms with E-state index < -0.39 is 0 Å². The lowest BCUT2D eigenvalue weighted by Crippen LogP contribution is -2.50. The average molecular weight is 379 g/mol. The van der Waals surface area contributed by atoms with Crippen molar-refractivity contribution in [1.29, 1.82) is 0 Å². The van der Waals surface area contributed by atoms with Crippen LogP contribution in [0.4, 0.5) is 21.9 Å². The smallest absolute Gasteiger partial charge is 0.322 e. The van der Waals surface area contributed by atoms with Gasteiger partial charge in [0.15, 0.2) is 0 Å². The van der Waals surface area contributed by atoms with Crippen molar-refractivity contribution in [3.05, 3.63) is 52.0 Å². The van der Waals surface area contributed by atoms with Crippen LogP contribution in [-0.4, -0.2) is 37.1 Å². The van der Waals surface area contributed by atoms with Crippen LogP contribution >= 0.6 is 23.2 Å². The largest absolute Gasteiger partial charge is 0.399 e. The molecule has 25 heavy (non-hydrogen) atoms. The van der Waals surface area contributed by atoms with E-state index in [0.717, 1.165) is 30.0 Å². The van der Waals surface area contributed by atoms with E-state index in [2.05, 4.69) is 10.2 Å². The van der Waals surface area contributed by atoms with Crippen molar-refractivity contribution < 1.29 is 4.79 Å². The molecule has 132 valence electrons. The van der Waals surface area contributed by atoms with E-state index in [1.165, 1.54) is 0 Å². The number of urea groups is 1. The maximum atomic E-state index is 12.5. The number of piperazine rings is 1. The molecule has 2 aromatic rings. The predicted molar refractivity (Wildman–Crippen MR) is 105 cm³/mol. The lowest BCUT2D eigenvalue weighted by Gasteiger charge is -2.36. The topological polar surface area (TPSA) is 61.6 Å². The first-order valence-electron chi connectivity index (χ1n) is 8.06. The summed E-state index contributed by atoms with van der Waals surface area (Å²) in [5.41, 5.74) is 8.99. The summed E-state index contributed by atoms with van der Waals surface area (Å²) in [6.45, 7) is 4.66. The molecule has 7 heteroatoms. The van der Waals surface area contributed by atoms with Gasteiger partial charge in [0.2, 0.25) is 0 Å². The van der Waals surface area contributed by atoms with Crippen molar-refractivity contribution in [3.63, 3.8) is 0 Å². The Hall–Kier alpha value is -2.11. The number of hydrogen-bond acceptors (Lipinski definition) is 3. The Bertz CT molecular complexity index is 748. The molecule has 0 atom stereocenters. The predicted octanol–water partition coefficient (Wildman–Crippen LogP) is 4.24. The molecule has 1 aliphatic rings. The highest BCUT2D eigenvalue weighted by Gasteiger charge is 2.22. The van der Waals surface area contributed by atoms with Crippen LogP contribution in [-0.2, 0) is 0 Å². The fourth-order valence-corrected chi connectivity index (χ4v) is 3.55. The second kappa shape index (κ2) is 7.42. The van der Waals surface area contributed by atoms with E-state index in [0.29, 0.717) is 28.8 Å². The van der Waals surface area contributed by atoms with Crippen LogP contribution in [0.15, 0.2) is 36.4 Å². The highest BCUT2D eigenvalue weighted by molar-refractivity contribution is 6.39. The summed E-state index contributed by atoms with van der Waals surface area (Å²) in [4.78, 5) is 16.5. The van der Waals surface area contributed by atoms with Gasteiger partial charge in [0.05, 0.1) is 15.7 Å². The van der Waals surface area contributed by atoms with E-state index >= 15 is 0 Å². The van der Waals surface area contributed by atoms with Crippen LogP contribution in [0, 0.1) is 6.92 Å². The lowest BCUT2D eigenvalue weighted by atomic mass is 10.2. The first-order valence-corrected chi connectivity index (χ1v) is 8.81. The molecule has 0 spiro atoms. The number of hydrogen-bond donors (Lipinski definition) is 2. The molecule has 1 aliphatic heterocycles. The quantitative estimate of drug-likeness (QED) is 0.768. The number of nitrogens with zero attached hydrogens (tertiary/aromatic N) is 2. The van der Waals surface area contributed by atoms with E-state index in [4.69, 9.17) is 28.9 Å². The maximum absolute atomic E-state index is 12.5. The minimum absolute atomic E-state index is 0.190. The van der Waals surface area contributed by atoms with Crippen molar-refractivity contribution >= 4 is 46.3 Å². The molecule has 2 aromatic carbocycles. The van der Waals surface area contributed by atoms with E-state index in [1.54, 1.807) is 17.0 Å². The molecule has 0 saturated carbocycles. The van der Waals surface area contributed by atoms with Gasteiger partial charge in [-0.1, -0.05) is 23.2 Å². The standard InChI is InChI=1S/C18H20Cl2N4O/c1-12-10-15(19)17(16(20)11-12)22-18(25)24-8-6-23(7-9-24)14-4-2-13(21)3-5-14/h2-5,10-11H,6-9,21H2,1H3,(H,22,25). The third kappa shape index (κ3) is 4.11. The van der Waals surface area contributed by atoms with E-state index in [-0.39, 0.29) is 6.03 Å². The van der Waals surface area contributed by atoms with Crippen molar-refractivity contribution in [3.8, 4) is 0 Å². The SMILES string of the molecule is Cc1cc(Cl)c(NC(=O)N2CCN(c3ccc(N)cc3)CC2)c(Cl)c1. The maximum Gasteiger partial charge on any atom is 0.322 e. The second-order valence-corrected chi connectivity index (χ2v) is 6.91. The molecular weight excluding hydrogens is 359 g/mol. The zero-order chi connectivity index (χ0) is 18.0. The number of nitrogens with one attached hydrogen (secondary N) is 1. The minimum atomic E-state index is -0.190. The summed E-state index contributed by atoms with van der Waals surface area (Å²) in [6.07, 6.45) is 0. The average Bonchev–Trinajstić information content (AvgIpc) is 2.59. The summed E-state index contributed by atoms with van der Waals surface area (Å²) in [5.74, 6) is 0. The number of benzene rings is 2. The Morgan fingerprint density at radius 1 is 1.04 bits per heavy atom. The highest BCUT2D eigenvalue weighted by Crippen LogP contribution is 2.32. The number of carbonyl (C=O) groups is 1. The Morgan fingerprint density at radius 3 is 2.16 bits per heavy atom. The number of rotatable bonds is 2. The summed E-state index contributed by atoms with van der Waals surface area (Å²) < 4.78 is 0. The molecule has 3 N–H and O–H groups in total. The van der Waals surface area contributed by atoms with E-state index in [1.807, 2.05) is 31.2 Å². The number of carbonyl (C=O) groups excluding carboxylic acids is 1. The molecule has 5 nitrogen and oxygen atoms in total. The summed E-state index contributed by atoms with van der Waals surface area (Å²) in [7, 11) is 0. The van der Waals surface area contributed by atoms with Gasteiger partial charge in [-0.2, -0.15) is 0 Å². The normalized spacial score (nSPS) is 14.5. The number of nitrogen functional groups attached to an aromatic ring is 1. The monoisotopic (exact) mass is 378 g/mol. The van der Waals surface area contributed by atoms with Gasteiger partial charge in [0.25, 0.3) is 0 Å². The van der Waals surface area contributed by atoms with Crippen LogP contribution in [0.3, 0.4) is 0 Å². The van der Waals surface area contributed by atoms with Gasteiger partial charge in [-0.05, 0) is 48.9 Å². The van der Waals surface area contributed by atoms with Crippen LogP contribution in [0.25, 0.3) is 0 Å². The molecule has 0 unspecified atom stereocenters. The van der Waals surface area contributed by atoms with E-state index in [9.17, 15) is 4.79 Å². The van der Waals surface area contributed by atoms with Gasteiger partial charge in [-0.15, -0.1) is 0 Å². The van der Waals surface area contributed by atoms with Gasteiger partial charge < -0.3 is 20.9 Å². The summed E-state index contributed by atoms with van der Waals surface area (Å²) in [5, 5.41) is 3.71. The van der Waals surface area contributed by atoms with Gasteiger partial charge in [-0.3, -0.25) is 0 Å². The van der Waals surface area contributed by atoms with Crippen LogP contribution in [0.1, 0.15) is 5.56 Å². The van der Waals surface area contributed by atoms with Gasteiger partial charge in [-0.25, -0.2) is 4.79 Å². The third-order valence-electron chi connectivity index (χ3n) is 4.24. The number of aryl methyl sites for hydroxylation is 1. The van der Waals surface area contributed by atoms with Crippen molar-refractivity contribution in [1.82, 2.24) is 4.90 Å². The fourth-order valence-electron chi connectivity index (χ4n) is 2.86. The molecule has 0 aliphatic carbocycles. The molecule has 2 amide bonds. The summed E-state index contributed by atoms with van der Waals surface area (Å²) in [6, 6.07) is 11.1. The minimum Gasteiger partial charge on any atom is -0.399 e. The van der Waals surface area contributed by atoms with Crippen molar-refractivity contribution in [2.45, 2.75) is 6.92 Å². The molecule has 0 radical (unpaired) electrons. The lowest BCUT2D eigenvalue weighted by molar-refractivity contribution is 0.208. The molecule has 0 bridgehead atoms. The Morgan fingerprint density at radius 2 is 1.60 bits per heavy atom. The van der Waals surface area contributed by atoms with Crippen LogP contribution < -0.4 is 16.0 Å². The van der Waals surface area contributed by atoms with Gasteiger partial charge in [0, 0.05) is 37.6 Å². The molecule has 3 rings (SSSR count). The first kappa shape index (κ1) is 17.7. The number of amides is 2. The van der Waals surface area contributed by atoms with Crippen molar-refractivity contribution in [2.24, 2.45) is 0 Å². The zero-order valence-corrected chi connectivity index (χ0v) is 15.4. The Kier molecular flexibility index (Phi) is 5.25. The Labute approximate surface area is 157 Å².